The summed E-state index contributed by atoms with van der Waals surface area (Å²) >= 11 is 0. The zero-order valence-corrected chi connectivity index (χ0v) is 26.7. The normalized spacial score (nSPS) is 10.9. The quantitative estimate of drug-likeness (QED) is 0.146. The first-order chi connectivity index (χ1) is 23.7. The van der Waals surface area contributed by atoms with Gasteiger partial charge in [0, 0.05) is 33.4 Å². The molecule has 2 amide bonds. The van der Waals surface area contributed by atoms with Crippen LogP contribution in [0.5, 0.6) is 0 Å². The van der Waals surface area contributed by atoms with Crippen LogP contribution in [0.25, 0.3) is 0 Å². The summed E-state index contributed by atoms with van der Waals surface area (Å²) in [4.78, 5) is 52.2. The number of carbonyl (C=O) groups is 4. The highest BCUT2D eigenvalue weighted by Gasteiger charge is 2.21. The van der Waals surface area contributed by atoms with Crippen molar-refractivity contribution in [3.05, 3.63) is 191 Å². The van der Waals surface area contributed by atoms with Gasteiger partial charge in [0.15, 0.2) is 11.6 Å². The Kier molecular flexibility index (Phi) is 9.36. The number of sulfone groups is 1. The second kappa shape index (κ2) is 14.1. The van der Waals surface area contributed by atoms with Crippen LogP contribution in [-0.2, 0) is 9.84 Å². The van der Waals surface area contributed by atoms with E-state index in [-0.39, 0.29) is 32.5 Å². The van der Waals surface area contributed by atoms with E-state index in [1.165, 1.54) is 48.5 Å². The number of hydrogen-bond donors (Lipinski definition) is 2. The van der Waals surface area contributed by atoms with Crippen LogP contribution >= 0.6 is 0 Å². The molecular weight excluding hydrogens is 637 g/mol. The SMILES string of the molecule is O=C(Nc1ccccc1C(=O)c1ccccc1)c1ccc(S(=O)(=O)c2ccc(C(=O)Nc3ccccc3C(=O)c3ccccc3)cc2)cc1. The lowest BCUT2D eigenvalue weighted by molar-refractivity contribution is 0.101. The summed E-state index contributed by atoms with van der Waals surface area (Å²) in [6.07, 6.45) is 0. The minimum absolute atomic E-state index is 0.0470. The van der Waals surface area contributed by atoms with Gasteiger partial charge in [0.25, 0.3) is 11.8 Å². The van der Waals surface area contributed by atoms with E-state index in [1.807, 2.05) is 12.1 Å². The molecule has 0 unspecified atom stereocenters. The molecule has 6 aromatic carbocycles. The van der Waals surface area contributed by atoms with Crippen molar-refractivity contribution in [2.75, 3.05) is 10.6 Å². The van der Waals surface area contributed by atoms with Crippen LogP contribution < -0.4 is 10.6 Å². The maximum atomic E-state index is 13.4. The van der Waals surface area contributed by atoms with Gasteiger partial charge < -0.3 is 10.6 Å². The third kappa shape index (κ3) is 7.12. The lowest BCUT2D eigenvalue weighted by atomic mass is 10.0. The fourth-order valence-electron chi connectivity index (χ4n) is 5.17. The number of hydrogen-bond acceptors (Lipinski definition) is 6. The molecule has 0 atom stereocenters. The third-order valence-electron chi connectivity index (χ3n) is 7.77. The molecule has 0 saturated carbocycles. The van der Waals surface area contributed by atoms with E-state index in [1.54, 1.807) is 97.1 Å². The lowest BCUT2D eigenvalue weighted by Crippen LogP contribution is -2.16. The molecule has 9 heteroatoms. The zero-order chi connectivity index (χ0) is 34.4. The maximum Gasteiger partial charge on any atom is 0.255 e. The van der Waals surface area contributed by atoms with E-state index >= 15 is 0 Å². The van der Waals surface area contributed by atoms with Gasteiger partial charge in [-0.25, -0.2) is 8.42 Å². The highest BCUT2D eigenvalue weighted by molar-refractivity contribution is 7.91. The van der Waals surface area contributed by atoms with Crippen molar-refractivity contribution in [2.45, 2.75) is 9.79 Å². The Balaban J connectivity index is 1.14. The van der Waals surface area contributed by atoms with Crippen LogP contribution in [0.1, 0.15) is 52.6 Å². The third-order valence-corrected chi connectivity index (χ3v) is 9.55. The average Bonchev–Trinajstić information content (AvgIpc) is 3.15. The molecule has 0 bridgehead atoms. The van der Waals surface area contributed by atoms with E-state index in [0.717, 1.165) is 0 Å². The lowest BCUT2D eigenvalue weighted by Gasteiger charge is -2.12. The van der Waals surface area contributed by atoms with Crippen LogP contribution in [0.15, 0.2) is 168 Å². The highest BCUT2D eigenvalue weighted by atomic mass is 32.2. The Morgan fingerprint density at radius 1 is 0.367 bits per heavy atom. The summed E-state index contributed by atoms with van der Waals surface area (Å²) in [6, 6.07) is 41.6. The molecule has 0 aliphatic rings. The number of carbonyl (C=O) groups excluding carboxylic acids is 4. The Labute approximate surface area is 283 Å². The van der Waals surface area contributed by atoms with Crippen molar-refractivity contribution < 1.29 is 27.6 Å². The molecule has 6 rings (SSSR count). The summed E-state index contributed by atoms with van der Waals surface area (Å²) in [7, 11) is -3.99. The molecule has 0 aliphatic carbocycles. The first-order valence-electron chi connectivity index (χ1n) is 15.2. The van der Waals surface area contributed by atoms with Crippen LogP contribution in [0, 0.1) is 0 Å². The number of amides is 2. The predicted molar refractivity (Wildman–Crippen MR) is 187 cm³/mol. The van der Waals surface area contributed by atoms with Gasteiger partial charge in [-0.1, -0.05) is 84.9 Å². The minimum Gasteiger partial charge on any atom is -0.321 e. The number of para-hydroxylation sites is 2. The second-order valence-corrected chi connectivity index (χ2v) is 12.9. The number of nitrogens with one attached hydrogen (secondary N) is 2. The highest BCUT2D eigenvalue weighted by Crippen LogP contribution is 2.25. The van der Waals surface area contributed by atoms with E-state index in [9.17, 15) is 27.6 Å². The zero-order valence-electron chi connectivity index (χ0n) is 25.9. The van der Waals surface area contributed by atoms with Gasteiger partial charge in [-0.2, -0.15) is 0 Å². The molecule has 0 heterocycles. The first-order valence-corrected chi connectivity index (χ1v) is 16.7. The topological polar surface area (TPSA) is 126 Å². The Bertz CT molecular complexity index is 2130. The van der Waals surface area contributed by atoms with E-state index in [0.29, 0.717) is 33.6 Å². The minimum atomic E-state index is -3.99. The average molecular weight is 665 g/mol. The monoisotopic (exact) mass is 664 g/mol. The van der Waals surface area contributed by atoms with Gasteiger partial charge >= 0.3 is 0 Å². The van der Waals surface area contributed by atoms with E-state index in [4.69, 9.17) is 0 Å². The first kappa shape index (κ1) is 32.5. The molecular formula is C40H28N2O6S. The smallest absolute Gasteiger partial charge is 0.255 e. The van der Waals surface area contributed by atoms with E-state index < -0.39 is 21.7 Å². The standard InChI is InChI=1S/C40H28N2O6S/c43-37(27-11-3-1-4-12-27)33-15-7-9-17-35(33)41-39(45)29-19-23-31(24-20-29)49(47,48)32-25-21-30(22-26-32)40(46)42-36-18-10-8-16-34(36)38(44)28-13-5-2-6-14-28/h1-26H,(H,41,45)(H,42,46). The molecule has 0 radical (unpaired) electrons. The van der Waals surface area contributed by atoms with Gasteiger partial charge in [-0.05, 0) is 72.8 Å². The van der Waals surface area contributed by atoms with Crippen molar-refractivity contribution in [1.29, 1.82) is 0 Å². The number of benzene rings is 6. The largest absolute Gasteiger partial charge is 0.321 e. The van der Waals surface area contributed by atoms with Gasteiger partial charge in [0.05, 0.1) is 21.2 Å². The number of anilines is 2. The molecule has 0 spiro atoms. The Morgan fingerprint density at radius 2 is 0.694 bits per heavy atom. The summed E-state index contributed by atoms with van der Waals surface area (Å²) in [6.45, 7) is 0. The van der Waals surface area contributed by atoms with Crippen LogP contribution in [0.2, 0.25) is 0 Å². The van der Waals surface area contributed by atoms with Crippen molar-refractivity contribution in [2.24, 2.45) is 0 Å². The van der Waals surface area contributed by atoms with Crippen LogP contribution in [-0.4, -0.2) is 31.8 Å². The summed E-state index contributed by atoms with van der Waals surface area (Å²) < 4.78 is 26.8. The molecule has 0 fully saturated rings. The van der Waals surface area contributed by atoms with Crippen molar-refractivity contribution in [3.8, 4) is 0 Å². The predicted octanol–water partition coefficient (Wildman–Crippen LogP) is 7.49. The molecule has 0 aromatic heterocycles. The number of rotatable bonds is 10. The van der Waals surface area contributed by atoms with Crippen molar-refractivity contribution >= 4 is 44.6 Å². The van der Waals surface area contributed by atoms with Crippen molar-refractivity contribution in [3.63, 3.8) is 0 Å². The summed E-state index contributed by atoms with van der Waals surface area (Å²) in [5, 5.41) is 5.51. The van der Waals surface area contributed by atoms with Gasteiger partial charge in [-0.3, -0.25) is 19.2 Å². The van der Waals surface area contributed by atoms with E-state index in [2.05, 4.69) is 10.6 Å². The summed E-state index contributed by atoms with van der Waals surface area (Å²) in [5.41, 5.74) is 2.65. The fourth-order valence-corrected chi connectivity index (χ4v) is 6.43. The fraction of sp³-hybridized carbons (Fsp3) is 0. The van der Waals surface area contributed by atoms with Crippen LogP contribution in [0.3, 0.4) is 0 Å². The van der Waals surface area contributed by atoms with Gasteiger partial charge in [0.1, 0.15) is 0 Å². The number of ketones is 2. The Morgan fingerprint density at radius 3 is 1.06 bits per heavy atom. The molecule has 2 N–H and O–H groups in total. The van der Waals surface area contributed by atoms with Gasteiger partial charge in [-0.15, -0.1) is 0 Å². The van der Waals surface area contributed by atoms with Crippen molar-refractivity contribution in [1.82, 2.24) is 0 Å². The molecule has 6 aromatic rings. The second-order valence-electron chi connectivity index (χ2n) is 10.9. The molecule has 49 heavy (non-hydrogen) atoms. The molecule has 0 aliphatic heterocycles. The molecule has 8 nitrogen and oxygen atoms in total. The molecule has 0 saturated heterocycles. The maximum absolute atomic E-state index is 13.4. The van der Waals surface area contributed by atoms with Gasteiger partial charge in [0.2, 0.25) is 9.84 Å². The molecule has 240 valence electrons. The summed E-state index contributed by atoms with van der Waals surface area (Å²) in [5.74, 6) is -1.52. The van der Waals surface area contributed by atoms with Crippen LogP contribution in [0.4, 0.5) is 11.4 Å². The Hall–Kier alpha value is -6.45.